The quantitative estimate of drug-likeness (QED) is 0.718. The maximum atomic E-state index is 14.5. The Morgan fingerprint density at radius 1 is 1.16 bits per heavy atom. The minimum atomic E-state index is -0.611. The monoisotopic (exact) mass is 384 g/mol. The van der Waals surface area contributed by atoms with Gasteiger partial charge in [0.1, 0.15) is 10.8 Å². The molecule has 2 aromatic heterocycles. The van der Waals surface area contributed by atoms with Crippen LogP contribution in [0.3, 0.4) is 0 Å². The summed E-state index contributed by atoms with van der Waals surface area (Å²) in [4.78, 5) is 4.33. The van der Waals surface area contributed by atoms with Crippen LogP contribution in [-0.4, -0.2) is 29.0 Å². The summed E-state index contributed by atoms with van der Waals surface area (Å²) in [6.07, 6.45) is 3.25. The number of halogens is 3. The molecule has 1 aromatic carbocycles. The van der Waals surface area contributed by atoms with Gasteiger partial charge in [-0.25, -0.2) is 9.37 Å². The predicted molar refractivity (Wildman–Crippen MR) is 95.4 cm³/mol. The highest BCUT2D eigenvalue weighted by atomic mass is 35.5. The molecule has 0 spiro atoms. The molecule has 0 atom stereocenters. The van der Waals surface area contributed by atoms with Gasteiger partial charge in [0.05, 0.1) is 36.5 Å². The van der Waals surface area contributed by atoms with Gasteiger partial charge in [0.15, 0.2) is 17.2 Å². The number of rotatable bonds is 5. The van der Waals surface area contributed by atoms with Crippen LogP contribution >= 0.6 is 23.2 Å². The van der Waals surface area contributed by atoms with Gasteiger partial charge in [-0.2, -0.15) is 5.10 Å². The van der Waals surface area contributed by atoms with Gasteiger partial charge >= 0.3 is 0 Å². The van der Waals surface area contributed by atoms with Crippen LogP contribution in [0.1, 0.15) is 5.56 Å². The van der Waals surface area contributed by atoms with E-state index in [9.17, 15) is 4.39 Å². The molecule has 0 aliphatic heterocycles. The second-order valence-corrected chi connectivity index (χ2v) is 6.00. The largest absolute Gasteiger partial charge is 0.495 e. The lowest BCUT2D eigenvalue weighted by molar-refractivity contribution is 0.375. The number of methoxy groups -OCH3 is 2. The second kappa shape index (κ2) is 6.93. The van der Waals surface area contributed by atoms with Crippen molar-refractivity contribution < 1.29 is 13.9 Å². The summed E-state index contributed by atoms with van der Waals surface area (Å²) in [7, 11) is 4.59. The SMILES string of the molecule is COc1cc(OC)c(Cl)c(NCc2cnc3c(cnn3C)c2Cl)c1F. The van der Waals surface area contributed by atoms with E-state index in [0.29, 0.717) is 22.0 Å². The molecule has 3 rings (SSSR count). The maximum absolute atomic E-state index is 14.5. The first-order valence-electron chi connectivity index (χ1n) is 7.26. The lowest BCUT2D eigenvalue weighted by Gasteiger charge is -2.15. The van der Waals surface area contributed by atoms with E-state index in [4.69, 9.17) is 32.7 Å². The lowest BCUT2D eigenvalue weighted by Crippen LogP contribution is -2.06. The van der Waals surface area contributed by atoms with Gasteiger partial charge in [-0.1, -0.05) is 23.2 Å². The number of fused-ring (bicyclic) bond motifs is 1. The minimum Gasteiger partial charge on any atom is -0.495 e. The second-order valence-electron chi connectivity index (χ2n) is 5.24. The van der Waals surface area contributed by atoms with Gasteiger partial charge in [0.2, 0.25) is 0 Å². The molecule has 132 valence electrons. The molecule has 25 heavy (non-hydrogen) atoms. The highest BCUT2D eigenvalue weighted by Gasteiger charge is 2.19. The van der Waals surface area contributed by atoms with Crippen molar-refractivity contribution in [3.63, 3.8) is 0 Å². The van der Waals surface area contributed by atoms with Crippen LogP contribution in [0.15, 0.2) is 18.5 Å². The molecule has 0 bridgehead atoms. The number of ether oxygens (including phenoxy) is 2. The molecule has 2 heterocycles. The van der Waals surface area contributed by atoms with Crippen LogP contribution < -0.4 is 14.8 Å². The summed E-state index contributed by atoms with van der Waals surface area (Å²) in [6, 6.07) is 1.39. The summed E-state index contributed by atoms with van der Waals surface area (Å²) in [5.74, 6) is -0.287. The highest BCUT2D eigenvalue weighted by Crippen LogP contribution is 2.40. The first-order valence-corrected chi connectivity index (χ1v) is 8.02. The van der Waals surface area contributed by atoms with Crippen LogP contribution in [0.5, 0.6) is 11.5 Å². The fourth-order valence-electron chi connectivity index (χ4n) is 2.46. The number of nitrogens with zero attached hydrogens (tertiary/aromatic N) is 3. The number of anilines is 1. The van der Waals surface area contributed by atoms with Gasteiger partial charge < -0.3 is 14.8 Å². The number of pyridine rings is 1. The summed E-state index contributed by atoms with van der Waals surface area (Å²) in [6.45, 7) is 0.212. The third-order valence-corrected chi connectivity index (χ3v) is 4.62. The molecule has 9 heteroatoms. The van der Waals surface area contributed by atoms with Crippen molar-refractivity contribution >= 4 is 39.9 Å². The molecule has 3 aromatic rings. The summed E-state index contributed by atoms with van der Waals surface area (Å²) in [5.41, 5.74) is 1.42. The molecule has 6 nitrogen and oxygen atoms in total. The molecule has 0 amide bonds. The number of hydrogen-bond acceptors (Lipinski definition) is 5. The fraction of sp³-hybridized carbons (Fsp3) is 0.250. The molecule has 0 aliphatic rings. The van der Waals surface area contributed by atoms with Gasteiger partial charge in [-0.15, -0.1) is 0 Å². The molecule has 0 aliphatic carbocycles. The smallest absolute Gasteiger partial charge is 0.189 e. The molecule has 0 fully saturated rings. The van der Waals surface area contributed by atoms with E-state index >= 15 is 0 Å². The standard InChI is InChI=1S/C16H15Cl2FN4O2/c1-23-16-9(7-22-23)12(17)8(6-21-16)5-20-15-13(18)10(24-2)4-11(25-3)14(15)19/h4,6-7,20H,5H2,1-3H3. The van der Waals surface area contributed by atoms with Crippen LogP contribution in [0, 0.1) is 5.82 Å². The molecule has 0 radical (unpaired) electrons. The van der Waals surface area contributed by atoms with Crippen LogP contribution in [0.2, 0.25) is 10.0 Å². The van der Waals surface area contributed by atoms with Crippen molar-refractivity contribution in [3.8, 4) is 11.5 Å². The number of nitrogens with one attached hydrogen (secondary N) is 1. The Bertz CT molecular complexity index is 918. The van der Waals surface area contributed by atoms with Crippen LogP contribution in [-0.2, 0) is 13.6 Å². The minimum absolute atomic E-state index is 0.0238. The number of aromatic nitrogens is 3. The first-order chi connectivity index (χ1) is 12.0. The van der Waals surface area contributed by atoms with E-state index in [2.05, 4.69) is 15.4 Å². The molecule has 0 saturated heterocycles. The first kappa shape index (κ1) is 17.6. The molecule has 0 saturated carbocycles. The van der Waals surface area contributed by atoms with Crippen molar-refractivity contribution in [2.24, 2.45) is 7.05 Å². The molecular weight excluding hydrogens is 370 g/mol. The predicted octanol–water partition coefficient (Wildman–Crippen LogP) is 4.04. The Morgan fingerprint density at radius 2 is 1.88 bits per heavy atom. The van der Waals surface area contributed by atoms with E-state index in [-0.39, 0.29) is 23.0 Å². The highest BCUT2D eigenvalue weighted by molar-refractivity contribution is 6.36. The van der Waals surface area contributed by atoms with Crippen molar-refractivity contribution in [1.29, 1.82) is 0 Å². The zero-order valence-electron chi connectivity index (χ0n) is 13.7. The third-order valence-electron chi connectivity index (χ3n) is 3.80. The van der Waals surface area contributed by atoms with Gasteiger partial charge in [0.25, 0.3) is 0 Å². The fourth-order valence-corrected chi connectivity index (χ4v) is 2.99. The lowest BCUT2D eigenvalue weighted by atomic mass is 10.2. The van der Waals surface area contributed by atoms with E-state index in [0.717, 1.165) is 5.39 Å². The summed E-state index contributed by atoms with van der Waals surface area (Å²) >= 11 is 12.6. The number of hydrogen-bond donors (Lipinski definition) is 1. The van der Waals surface area contributed by atoms with Gasteiger partial charge in [0, 0.05) is 31.4 Å². The van der Waals surface area contributed by atoms with Gasteiger partial charge in [-0.3, -0.25) is 4.68 Å². The van der Waals surface area contributed by atoms with Crippen LogP contribution in [0.25, 0.3) is 11.0 Å². The Balaban J connectivity index is 1.95. The molecule has 0 unspecified atom stereocenters. The molecular formula is C16H15Cl2FN4O2. The van der Waals surface area contributed by atoms with E-state index < -0.39 is 5.82 Å². The van der Waals surface area contributed by atoms with E-state index in [1.165, 1.54) is 20.3 Å². The maximum Gasteiger partial charge on any atom is 0.189 e. The van der Waals surface area contributed by atoms with Crippen molar-refractivity contribution in [3.05, 3.63) is 39.9 Å². The average molecular weight is 385 g/mol. The Hall–Kier alpha value is -2.25. The van der Waals surface area contributed by atoms with E-state index in [1.54, 1.807) is 24.1 Å². The van der Waals surface area contributed by atoms with Crippen molar-refractivity contribution in [1.82, 2.24) is 14.8 Å². The third kappa shape index (κ3) is 3.05. The average Bonchev–Trinajstić information content (AvgIpc) is 2.98. The Morgan fingerprint density at radius 3 is 2.56 bits per heavy atom. The zero-order chi connectivity index (χ0) is 18.1. The number of aryl methyl sites for hydroxylation is 1. The normalized spacial score (nSPS) is 11.0. The zero-order valence-corrected chi connectivity index (χ0v) is 15.2. The summed E-state index contributed by atoms with van der Waals surface area (Å²) in [5, 5.41) is 8.40. The van der Waals surface area contributed by atoms with Crippen LogP contribution in [0.4, 0.5) is 10.1 Å². The molecule has 1 N–H and O–H groups in total. The number of benzene rings is 1. The summed E-state index contributed by atoms with van der Waals surface area (Å²) < 4.78 is 26.3. The van der Waals surface area contributed by atoms with Gasteiger partial charge in [-0.05, 0) is 0 Å². The van der Waals surface area contributed by atoms with Crippen molar-refractivity contribution in [2.75, 3.05) is 19.5 Å². The topological polar surface area (TPSA) is 61.2 Å². The van der Waals surface area contributed by atoms with E-state index in [1.807, 2.05) is 0 Å². The Labute approximate surface area is 153 Å². The van der Waals surface area contributed by atoms with Crippen molar-refractivity contribution in [2.45, 2.75) is 6.54 Å². The Kier molecular flexibility index (Phi) is 4.87.